The molecule has 0 saturated carbocycles. The Balaban J connectivity index is 0. The molecule has 15 heteroatoms. The Kier molecular flexibility index (Phi) is 7.51. The summed E-state index contributed by atoms with van der Waals surface area (Å²) in [7, 11) is -14.2. The molecule has 21 heavy (non-hydrogen) atoms. The molecule has 0 fully saturated rings. The van der Waals surface area contributed by atoms with Gasteiger partial charge in [0.05, 0.1) is 0 Å². The Morgan fingerprint density at radius 2 is 1.00 bits per heavy atom. The average Bonchev–Trinajstić information content (AvgIpc) is 2.13. The third kappa shape index (κ3) is 4.33. The maximum Gasteiger partial charge on any atom is 1.00 e. The summed E-state index contributed by atoms with van der Waals surface area (Å²) in [4.78, 5) is 0. The molecule has 122 valence electrons. The third-order valence-electron chi connectivity index (χ3n) is 2.08. The molecule has 8 nitrogen and oxygen atoms in total. The van der Waals surface area contributed by atoms with Gasteiger partial charge >= 0.3 is 24.4 Å². The van der Waals surface area contributed by atoms with Gasteiger partial charge < -0.3 is 0 Å². The van der Waals surface area contributed by atoms with Crippen molar-refractivity contribution in [3.05, 3.63) is 0 Å². The van der Waals surface area contributed by atoms with E-state index in [0.29, 0.717) is 0 Å². The van der Waals surface area contributed by atoms with Gasteiger partial charge in [0.2, 0.25) is 20.0 Å². The summed E-state index contributed by atoms with van der Waals surface area (Å²) in [6, 6.07) is 0. The summed E-state index contributed by atoms with van der Waals surface area (Å²) >= 11 is 0. The Hall–Kier alpha value is 0.157. The molecule has 0 aromatic heterocycles. The van der Waals surface area contributed by atoms with Crippen molar-refractivity contribution in [2.75, 3.05) is 28.2 Å². The Morgan fingerprint density at radius 1 is 0.762 bits per heavy atom. The molecule has 0 aliphatic heterocycles. The number of alkyl halides is 3. The molecule has 0 heterocycles. The van der Waals surface area contributed by atoms with Crippen molar-refractivity contribution < 1.29 is 57.3 Å². The normalized spacial score (nSPS) is 14.6. The molecule has 0 unspecified atom stereocenters. The number of hydrogen-bond acceptors (Lipinski definition) is 6. The maximum absolute atomic E-state index is 12.5. The number of nitrogens with zero attached hydrogens (tertiary/aromatic N) is 2. The van der Waals surface area contributed by atoms with Crippen molar-refractivity contribution >= 4 is 29.9 Å². The predicted molar refractivity (Wildman–Crippen MR) is 64.0 cm³/mol. The molecular weight excluding hydrogens is 356 g/mol. The summed E-state index contributed by atoms with van der Waals surface area (Å²) < 4.78 is 104. The fourth-order valence-electron chi connectivity index (χ4n) is 0.927. The third-order valence-corrected chi connectivity index (χ3v) is 10.7. The van der Waals surface area contributed by atoms with E-state index in [9.17, 15) is 38.4 Å². The first-order chi connectivity index (χ1) is 8.50. The van der Waals surface area contributed by atoms with Crippen LogP contribution in [-0.4, -0.2) is 71.5 Å². The molecule has 0 aliphatic rings. The van der Waals surface area contributed by atoms with Gasteiger partial charge in [-0.2, -0.15) is 13.2 Å². The molecule has 0 rings (SSSR count). The molecule has 0 amide bonds. The smallest absolute Gasteiger partial charge is 0.217 e. The van der Waals surface area contributed by atoms with Crippen LogP contribution in [0.1, 0.15) is 0 Å². The van der Waals surface area contributed by atoms with Crippen molar-refractivity contribution in [1.29, 1.82) is 0 Å². The van der Waals surface area contributed by atoms with Crippen LogP contribution >= 0.6 is 0 Å². The van der Waals surface area contributed by atoms with Crippen LogP contribution in [0.15, 0.2) is 0 Å². The molecule has 0 atom stereocenters. The zero-order valence-corrected chi connectivity index (χ0v) is 14.2. The van der Waals surface area contributed by atoms with Crippen LogP contribution in [0.4, 0.5) is 13.2 Å². The molecule has 0 saturated heterocycles. The van der Waals surface area contributed by atoms with E-state index >= 15 is 0 Å². The first kappa shape index (κ1) is 23.4. The zero-order chi connectivity index (χ0) is 16.7. The van der Waals surface area contributed by atoms with Crippen molar-refractivity contribution in [2.45, 2.75) is 9.42 Å². The first-order valence-corrected chi connectivity index (χ1v) is 9.18. The molecule has 0 N–H and O–H groups in total. The summed E-state index contributed by atoms with van der Waals surface area (Å²) in [5.41, 5.74) is -6.04. The van der Waals surface area contributed by atoms with Crippen molar-refractivity contribution in [1.82, 2.24) is 8.61 Å². The molecule has 0 aliphatic carbocycles. The van der Waals surface area contributed by atoms with Crippen LogP contribution in [0.5, 0.6) is 0 Å². The standard InChI is InChI=1S/C6H13F3N2O6S3.Li/c1-10(2)19(14,15)5(20(16,17)11(3)4)18(12,13)6(7,8)9;/h5H,1-4H3;/q;+1. The first-order valence-electron chi connectivity index (χ1n) is 4.63. The second-order valence-electron chi connectivity index (χ2n) is 3.93. The van der Waals surface area contributed by atoms with Crippen molar-refractivity contribution in [3.63, 3.8) is 0 Å². The Labute approximate surface area is 133 Å². The van der Waals surface area contributed by atoms with E-state index in [2.05, 4.69) is 0 Å². The fraction of sp³-hybridized carbons (Fsp3) is 1.00. The van der Waals surface area contributed by atoms with Gasteiger partial charge in [0, 0.05) is 28.2 Å². The topological polar surface area (TPSA) is 109 Å². The zero-order valence-electron chi connectivity index (χ0n) is 11.8. The van der Waals surface area contributed by atoms with Crippen LogP contribution in [-0.2, 0) is 29.9 Å². The van der Waals surface area contributed by atoms with Crippen LogP contribution < -0.4 is 18.9 Å². The van der Waals surface area contributed by atoms with Gasteiger partial charge in [-0.05, 0) is 0 Å². The predicted octanol–water partition coefficient (Wildman–Crippen LogP) is -4.01. The minimum Gasteiger partial charge on any atom is -0.217 e. The molecule has 0 aromatic rings. The molecule has 0 aromatic carbocycles. The van der Waals surface area contributed by atoms with Crippen molar-refractivity contribution in [3.8, 4) is 0 Å². The monoisotopic (exact) mass is 369 g/mol. The second kappa shape index (κ2) is 6.73. The molecular formula is C6H13F3LiN2O6S3+. The van der Waals surface area contributed by atoms with Gasteiger partial charge in [-0.3, -0.25) is 0 Å². The van der Waals surface area contributed by atoms with Gasteiger partial charge in [0.1, 0.15) is 0 Å². The van der Waals surface area contributed by atoms with Gasteiger partial charge in [-0.1, -0.05) is 0 Å². The fourth-order valence-corrected chi connectivity index (χ4v) is 8.34. The number of sulfonamides is 2. The number of sulfone groups is 1. The van der Waals surface area contributed by atoms with E-state index in [1.54, 1.807) is 0 Å². The minimum atomic E-state index is -6.50. The van der Waals surface area contributed by atoms with Crippen LogP contribution in [0.2, 0.25) is 0 Å². The van der Waals surface area contributed by atoms with E-state index in [0.717, 1.165) is 28.2 Å². The summed E-state index contributed by atoms with van der Waals surface area (Å²) in [5, 5.41) is 0. The van der Waals surface area contributed by atoms with E-state index in [-0.39, 0.29) is 27.5 Å². The van der Waals surface area contributed by atoms with E-state index < -0.39 is 39.3 Å². The molecule has 0 spiro atoms. The van der Waals surface area contributed by atoms with E-state index in [1.807, 2.05) is 0 Å². The van der Waals surface area contributed by atoms with Crippen LogP contribution in [0.25, 0.3) is 0 Å². The number of halogens is 3. The van der Waals surface area contributed by atoms with Crippen LogP contribution in [0, 0.1) is 0 Å². The van der Waals surface area contributed by atoms with E-state index in [4.69, 9.17) is 0 Å². The summed E-state index contributed by atoms with van der Waals surface area (Å²) in [6.45, 7) is 0. The average molecular weight is 369 g/mol. The quantitative estimate of drug-likeness (QED) is 0.457. The van der Waals surface area contributed by atoms with Gasteiger partial charge in [0.25, 0.3) is 13.8 Å². The van der Waals surface area contributed by atoms with E-state index in [1.165, 1.54) is 0 Å². The Morgan fingerprint density at radius 3 is 1.14 bits per heavy atom. The van der Waals surface area contributed by atoms with Gasteiger partial charge in [-0.25, -0.2) is 33.9 Å². The SMILES string of the molecule is CN(C)S(=O)(=O)C(S(=O)(=O)N(C)C)S(=O)(=O)C(F)(F)F.[Li+]. The van der Waals surface area contributed by atoms with Gasteiger partial charge in [-0.15, -0.1) is 0 Å². The van der Waals surface area contributed by atoms with Crippen molar-refractivity contribution in [2.24, 2.45) is 0 Å². The van der Waals surface area contributed by atoms with Crippen LogP contribution in [0.3, 0.4) is 0 Å². The number of rotatable bonds is 5. The summed E-state index contributed by atoms with van der Waals surface area (Å²) in [6.07, 6.45) is 0. The number of hydrogen-bond donors (Lipinski definition) is 0. The summed E-state index contributed by atoms with van der Waals surface area (Å²) in [5.74, 6) is 0. The second-order valence-corrected chi connectivity index (χ2v) is 11.3. The maximum atomic E-state index is 12.5. The minimum absolute atomic E-state index is 0. The Bertz CT molecular complexity index is 629. The van der Waals surface area contributed by atoms with Gasteiger partial charge in [0.15, 0.2) is 0 Å². The molecule has 0 bridgehead atoms. The largest absolute Gasteiger partial charge is 1.00 e. The molecule has 0 radical (unpaired) electrons.